The molecular formula is C22H29FN4O3. The maximum Gasteiger partial charge on any atom is 0.191 e. The highest BCUT2D eigenvalue weighted by Gasteiger charge is 2.19. The molecule has 7 nitrogen and oxygen atoms in total. The van der Waals surface area contributed by atoms with Crippen molar-refractivity contribution >= 4 is 11.6 Å². The van der Waals surface area contributed by atoms with Crippen LogP contribution < -0.4 is 24.8 Å². The number of nitrogens with two attached hydrogens (primary N) is 1. The molecule has 2 aromatic carbocycles. The van der Waals surface area contributed by atoms with E-state index in [-0.39, 0.29) is 5.82 Å². The molecule has 2 aromatic rings. The van der Waals surface area contributed by atoms with Crippen LogP contribution in [-0.4, -0.2) is 64.9 Å². The van der Waals surface area contributed by atoms with E-state index < -0.39 is 0 Å². The second-order valence-corrected chi connectivity index (χ2v) is 6.95. The number of anilines is 1. The lowest BCUT2D eigenvalue weighted by Gasteiger charge is -2.36. The Kier molecular flexibility index (Phi) is 7.21. The Morgan fingerprint density at radius 3 is 2.10 bits per heavy atom. The molecule has 0 bridgehead atoms. The fourth-order valence-corrected chi connectivity index (χ4v) is 3.55. The van der Waals surface area contributed by atoms with Gasteiger partial charge in [-0.1, -0.05) is 0 Å². The number of rotatable bonds is 7. The molecule has 1 heterocycles. The fourth-order valence-electron chi connectivity index (χ4n) is 3.55. The summed E-state index contributed by atoms with van der Waals surface area (Å²) >= 11 is 0. The Bertz CT molecular complexity index is 840. The number of nitrogens with zero attached hydrogens (tertiary/aromatic N) is 3. The molecule has 0 amide bonds. The van der Waals surface area contributed by atoms with E-state index in [1.807, 2.05) is 12.1 Å². The van der Waals surface area contributed by atoms with E-state index in [9.17, 15) is 4.39 Å². The predicted molar refractivity (Wildman–Crippen MR) is 116 cm³/mol. The number of methoxy groups -OCH3 is 3. The summed E-state index contributed by atoms with van der Waals surface area (Å²) < 4.78 is 29.4. The third kappa shape index (κ3) is 5.06. The number of hydrogen-bond acceptors (Lipinski definition) is 5. The van der Waals surface area contributed by atoms with Gasteiger partial charge in [0.05, 0.1) is 21.3 Å². The normalized spacial score (nSPS) is 14.6. The molecule has 0 aliphatic carbocycles. The molecule has 1 fully saturated rings. The van der Waals surface area contributed by atoms with Gasteiger partial charge in [-0.3, -0.25) is 4.99 Å². The van der Waals surface area contributed by atoms with Crippen LogP contribution in [0.3, 0.4) is 0 Å². The van der Waals surface area contributed by atoms with E-state index in [1.165, 1.54) is 12.1 Å². The molecule has 8 heteroatoms. The molecule has 1 saturated heterocycles. The van der Waals surface area contributed by atoms with Gasteiger partial charge >= 0.3 is 0 Å². The zero-order valence-corrected chi connectivity index (χ0v) is 17.7. The van der Waals surface area contributed by atoms with E-state index in [4.69, 9.17) is 19.9 Å². The molecule has 0 saturated carbocycles. The minimum atomic E-state index is -0.223. The topological polar surface area (TPSA) is 72.6 Å². The summed E-state index contributed by atoms with van der Waals surface area (Å²) in [7, 11) is 4.85. The van der Waals surface area contributed by atoms with Gasteiger partial charge < -0.3 is 29.7 Å². The zero-order valence-electron chi connectivity index (χ0n) is 17.7. The van der Waals surface area contributed by atoms with Gasteiger partial charge in [0.25, 0.3) is 0 Å². The Balaban J connectivity index is 1.58. The average molecular weight is 416 g/mol. The van der Waals surface area contributed by atoms with Gasteiger partial charge in [0.1, 0.15) is 23.1 Å². The molecular weight excluding hydrogens is 387 g/mol. The van der Waals surface area contributed by atoms with Gasteiger partial charge in [-0.15, -0.1) is 0 Å². The molecule has 1 aliphatic heterocycles. The van der Waals surface area contributed by atoms with Crippen molar-refractivity contribution in [2.75, 3.05) is 59.0 Å². The standard InChI is InChI=1S/C22H29FN4O3/c1-28-18-14-20(29-2)19(21(15-18)30-3)8-9-25-22(24)27-12-10-26(11-13-27)17-6-4-16(23)5-7-17/h4-7,14-15H,8-13H2,1-3H3,(H2,24,25). The van der Waals surface area contributed by atoms with E-state index >= 15 is 0 Å². The summed E-state index contributed by atoms with van der Waals surface area (Å²) in [5.74, 6) is 2.38. The average Bonchev–Trinajstić information content (AvgIpc) is 2.79. The first-order valence-corrected chi connectivity index (χ1v) is 9.90. The van der Waals surface area contributed by atoms with Gasteiger partial charge in [0.2, 0.25) is 0 Å². The van der Waals surface area contributed by atoms with Crippen molar-refractivity contribution < 1.29 is 18.6 Å². The number of piperazine rings is 1. The monoisotopic (exact) mass is 416 g/mol. The third-order valence-corrected chi connectivity index (χ3v) is 5.25. The largest absolute Gasteiger partial charge is 0.496 e. The van der Waals surface area contributed by atoms with Crippen LogP contribution in [-0.2, 0) is 6.42 Å². The van der Waals surface area contributed by atoms with Crippen molar-refractivity contribution in [1.29, 1.82) is 0 Å². The summed E-state index contributed by atoms with van der Waals surface area (Å²) in [6, 6.07) is 10.2. The first kappa shape index (κ1) is 21.5. The maximum atomic E-state index is 13.1. The van der Waals surface area contributed by atoms with Crippen LogP contribution in [0.15, 0.2) is 41.4 Å². The molecule has 3 rings (SSSR count). The molecule has 2 N–H and O–H groups in total. The van der Waals surface area contributed by atoms with Crippen molar-refractivity contribution in [3.05, 3.63) is 47.8 Å². The highest BCUT2D eigenvalue weighted by molar-refractivity contribution is 5.78. The Morgan fingerprint density at radius 1 is 0.967 bits per heavy atom. The van der Waals surface area contributed by atoms with Gasteiger partial charge in [-0.25, -0.2) is 4.39 Å². The smallest absolute Gasteiger partial charge is 0.191 e. The second kappa shape index (κ2) is 10.0. The zero-order chi connectivity index (χ0) is 21.5. The molecule has 0 aromatic heterocycles. The van der Waals surface area contributed by atoms with Crippen molar-refractivity contribution in [2.24, 2.45) is 10.7 Å². The van der Waals surface area contributed by atoms with E-state index in [0.29, 0.717) is 36.2 Å². The molecule has 0 unspecified atom stereocenters. The number of ether oxygens (including phenoxy) is 3. The summed E-state index contributed by atoms with van der Waals surface area (Å²) in [6.45, 7) is 3.66. The van der Waals surface area contributed by atoms with Crippen molar-refractivity contribution in [1.82, 2.24) is 4.90 Å². The van der Waals surface area contributed by atoms with E-state index in [0.717, 1.165) is 37.4 Å². The third-order valence-electron chi connectivity index (χ3n) is 5.25. The van der Waals surface area contributed by atoms with Crippen molar-refractivity contribution in [3.8, 4) is 17.2 Å². The van der Waals surface area contributed by atoms with Gasteiger partial charge in [-0.05, 0) is 30.7 Å². The highest BCUT2D eigenvalue weighted by Crippen LogP contribution is 2.34. The summed E-state index contributed by atoms with van der Waals surface area (Å²) in [5, 5.41) is 0. The molecule has 30 heavy (non-hydrogen) atoms. The molecule has 0 radical (unpaired) electrons. The Morgan fingerprint density at radius 2 is 1.57 bits per heavy atom. The highest BCUT2D eigenvalue weighted by atomic mass is 19.1. The van der Waals surface area contributed by atoms with Gasteiger partial charge in [-0.2, -0.15) is 0 Å². The lowest BCUT2D eigenvalue weighted by Crippen LogP contribution is -2.51. The first-order chi connectivity index (χ1) is 14.5. The summed E-state index contributed by atoms with van der Waals surface area (Å²) in [5.41, 5.74) is 8.18. The Labute approximate surface area is 176 Å². The molecule has 0 atom stereocenters. The quantitative estimate of drug-likeness (QED) is 0.552. The van der Waals surface area contributed by atoms with Gasteiger partial charge in [0, 0.05) is 56.1 Å². The van der Waals surface area contributed by atoms with Crippen LogP contribution in [0.4, 0.5) is 10.1 Å². The van der Waals surface area contributed by atoms with Crippen LogP contribution >= 0.6 is 0 Å². The number of guanidine groups is 1. The minimum Gasteiger partial charge on any atom is -0.496 e. The van der Waals surface area contributed by atoms with Crippen LogP contribution in [0, 0.1) is 5.82 Å². The molecule has 162 valence electrons. The number of hydrogen-bond donors (Lipinski definition) is 1. The van der Waals surface area contributed by atoms with Gasteiger partial charge in [0.15, 0.2) is 5.96 Å². The predicted octanol–water partition coefficient (Wildman–Crippen LogP) is 2.53. The van der Waals surface area contributed by atoms with Crippen LogP contribution in [0.1, 0.15) is 5.56 Å². The van der Waals surface area contributed by atoms with E-state index in [2.05, 4.69) is 14.8 Å². The number of aliphatic imine (C=N–C) groups is 1. The van der Waals surface area contributed by atoms with Crippen molar-refractivity contribution in [3.63, 3.8) is 0 Å². The number of benzene rings is 2. The van der Waals surface area contributed by atoms with E-state index in [1.54, 1.807) is 33.5 Å². The summed E-state index contributed by atoms with van der Waals surface area (Å²) in [4.78, 5) is 8.85. The molecule has 0 spiro atoms. The lowest BCUT2D eigenvalue weighted by molar-refractivity contribution is 0.368. The Hall–Kier alpha value is -3.16. The lowest BCUT2D eigenvalue weighted by atomic mass is 10.1. The minimum absolute atomic E-state index is 0.223. The SMILES string of the molecule is COc1cc(OC)c(CCN=C(N)N2CCN(c3ccc(F)cc3)CC2)c(OC)c1. The van der Waals surface area contributed by atoms with Crippen LogP contribution in [0.25, 0.3) is 0 Å². The van der Waals surface area contributed by atoms with Crippen LogP contribution in [0.5, 0.6) is 17.2 Å². The van der Waals surface area contributed by atoms with Crippen molar-refractivity contribution in [2.45, 2.75) is 6.42 Å². The fraction of sp³-hybridized carbons (Fsp3) is 0.409. The molecule has 1 aliphatic rings. The maximum absolute atomic E-state index is 13.1. The summed E-state index contributed by atoms with van der Waals surface area (Å²) in [6.07, 6.45) is 0.632. The second-order valence-electron chi connectivity index (χ2n) is 6.95. The van der Waals surface area contributed by atoms with Crippen LogP contribution in [0.2, 0.25) is 0 Å². The first-order valence-electron chi connectivity index (χ1n) is 9.90. The number of halogens is 1.